The number of nitrogens with one attached hydrogen (secondary N) is 2. The molecule has 1 aliphatic heterocycles. The molecule has 0 aromatic carbocycles. The van der Waals surface area contributed by atoms with Gasteiger partial charge < -0.3 is 11.1 Å². The first kappa shape index (κ1) is 25.2. The lowest BCUT2D eigenvalue weighted by Crippen LogP contribution is -2.54. The third-order valence-corrected chi connectivity index (χ3v) is 12.1. The fraction of sp³-hybridized carbons (Fsp3) is 0.935. The van der Waals surface area contributed by atoms with Gasteiger partial charge in [-0.25, -0.2) is 0 Å². The normalized spacial score (nSPS) is 45.2. The van der Waals surface area contributed by atoms with E-state index in [4.69, 9.17) is 11.1 Å². The Morgan fingerprint density at radius 3 is 2.19 bits per heavy atom. The Bertz CT molecular complexity index is 795. The summed E-state index contributed by atoms with van der Waals surface area (Å²) in [6.45, 7) is 1.11. The van der Waals surface area contributed by atoms with Crippen LogP contribution in [0.4, 0.5) is 0 Å². The molecule has 1 amide bonds. The SMILES string of the molecule is N=C(N)C1CCC2CC(C(=O)N[C@H]3CCCC4CCCCC43)N(CC3CCCC4CCCCC43)C2C1. The van der Waals surface area contributed by atoms with E-state index in [2.05, 4.69) is 10.2 Å². The van der Waals surface area contributed by atoms with Gasteiger partial charge in [-0.05, 0) is 86.9 Å². The number of hydrogen-bond acceptors (Lipinski definition) is 3. The molecular weight excluding hydrogens is 444 g/mol. The maximum absolute atomic E-state index is 14.1. The van der Waals surface area contributed by atoms with Crippen molar-refractivity contribution >= 4 is 11.7 Å². The van der Waals surface area contributed by atoms with Gasteiger partial charge in [-0.15, -0.1) is 0 Å². The summed E-state index contributed by atoms with van der Waals surface area (Å²) in [4.78, 5) is 16.8. The second kappa shape index (κ2) is 10.9. The lowest BCUT2D eigenvalue weighted by molar-refractivity contribution is -0.128. The zero-order valence-electron chi connectivity index (χ0n) is 22.6. The van der Waals surface area contributed by atoms with Crippen molar-refractivity contribution in [1.82, 2.24) is 10.2 Å². The number of fused-ring (bicyclic) bond motifs is 3. The molecule has 5 aliphatic carbocycles. The van der Waals surface area contributed by atoms with Crippen LogP contribution >= 0.6 is 0 Å². The van der Waals surface area contributed by atoms with Crippen LogP contribution in [0.2, 0.25) is 0 Å². The van der Waals surface area contributed by atoms with Crippen molar-refractivity contribution in [3.8, 4) is 0 Å². The van der Waals surface area contributed by atoms with Crippen LogP contribution in [0.1, 0.15) is 116 Å². The minimum absolute atomic E-state index is 0.0404. The molecule has 6 rings (SSSR count). The molecule has 1 saturated heterocycles. The van der Waals surface area contributed by atoms with Crippen LogP contribution in [0, 0.1) is 46.8 Å². The van der Waals surface area contributed by atoms with E-state index in [1.807, 2.05) is 0 Å². The second-order valence-corrected chi connectivity index (χ2v) is 13.9. The summed E-state index contributed by atoms with van der Waals surface area (Å²) >= 11 is 0. The molecule has 0 spiro atoms. The zero-order valence-corrected chi connectivity index (χ0v) is 22.6. The van der Waals surface area contributed by atoms with Crippen molar-refractivity contribution in [1.29, 1.82) is 5.41 Å². The second-order valence-electron chi connectivity index (χ2n) is 13.9. The molecular formula is C31H52N4O. The quantitative estimate of drug-likeness (QED) is 0.329. The van der Waals surface area contributed by atoms with Crippen LogP contribution in [0.3, 0.4) is 0 Å². The Morgan fingerprint density at radius 1 is 0.750 bits per heavy atom. The average molecular weight is 497 g/mol. The lowest BCUT2D eigenvalue weighted by atomic mass is 9.65. The van der Waals surface area contributed by atoms with E-state index in [9.17, 15) is 4.79 Å². The first-order chi connectivity index (χ1) is 17.6. The molecule has 202 valence electrons. The van der Waals surface area contributed by atoms with Gasteiger partial charge in [0.05, 0.1) is 11.9 Å². The minimum atomic E-state index is 0.0404. The molecule has 6 fully saturated rings. The number of likely N-dealkylation sites (tertiary alicyclic amines) is 1. The molecule has 10 atom stereocenters. The van der Waals surface area contributed by atoms with Gasteiger partial charge in [0.2, 0.25) is 5.91 Å². The van der Waals surface area contributed by atoms with Gasteiger partial charge in [0, 0.05) is 24.5 Å². The highest BCUT2D eigenvalue weighted by Crippen LogP contribution is 2.48. The molecule has 6 aliphatic rings. The molecule has 0 aromatic rings. The Labute approximate surface area is 219 Å². The summed E-state index contributed by atoms with van der Waals surface area (Å²) in [6, 6.07) is 0.892. The zero-order chi connectivity index (χ0) is 24.6. The van der Waals surface area contributed by atoms with E-state index in [1.54, 1.807) is 0 Å². The van der Waals surface area contributed by atoms with Gasteiger partial charge >= 0.3 is 0 Å². The summed E-state index contributed by atoms with van der Waals surface area (Å²) < 4.78 is 0. The average Bonchev–Trinajstić information content (AvgIpc) is 3.27. The molecule has 5 nitrogen and oxygen atoms in total. The van der Waals surface area contributed by atoms with E-state index >= 15 is 0 Å². The van der Waals surface area contributed by atoms with Gasteiger partial charge in [0.15, 0.2) is 0 Å². The molecule has 0 radical (unpaired) electrons. The largest absolute Gasteiger partial charge is 0.387 e. The van der Waals surface area contributed by atoms with Crippen molar-refractivity contribution in [3.05, 3.63) is 0 Å². The number of rotatable bonds is 5. The first-order valence-corrected chi connectivity index (χ1v) is 16.0. The highest BCUT2D eigenvalue weighted by Gasteiger charge is 2.49. The summed E-state index contributed by atoms with van der Waals surface area (Å²) in [7, 11) is 0. The predicted molar refractivity (Wildman–Crippen MR) is 146 cm³/mol. The van der Waals surface area contributed by atoms with Gasteiger partial charge in [-0.1, -0.05) is 64.2 Å². The van der Waals surface area contributed by atoms with Crippen LogP contribution in [0.25, 0.3) is 0 Å². The summed E-state index contributed by atoms with van der Waals surface area (Å²) in [5.74, 6) is 5.68. The highest BCUT2D eigenvalue weighted by atomic mass is 16.2. The van der Waals surface area contributed by atoms with Crippen molar-refractivity contribution in [3.63, 3.8) is 0 Å². The maximum Gasteiger partial charge on any atom is 0.237 e. The topological polar surface area (TPSA) is 82.2 Å². The molecule has 0 bridgehead atoms. The van der Waals surface area contributed by atoms with Crippen molar-refractivity contribution < 1.29 is 4.79 Å². The summed E-state index contributed by atoms with van der Waals surface area (Å²) in [5, 5.41) is 11.8. The number of nitrogens with two attached hydrogens (primary N) is 1. The van der Waals surface area contributed by atoms with Crippen molar-refractivity contribution in [2.75, 3.05) is 6.54 Å². The van der Waals surface area contributed by atoms with E-state index in [1.165, 1.54) is 89.9 Å². The summed E-state index contributed by atoms with van der Waals surface area (Å²) in [6.07, 6.45) is 23.4. The van der Waals surface area contributed by atoms with Crippen LogP contribution in [-0.2, 0) is 4.79 Å². The Morgan fingerprint density at radius 2 is 1.42 bits per heavy atom. The fourth-order valence-corrected chi connectivity index (χ4v) is 10.3. The molecule has 5 saturated carbocycles. The monoisotopic (exact) mass is 496 g/mol. The number of amides is 1. The maximum atomic E-state index is 14.1. The smallest absolute Gasteiger partial charge is 0.237 e. The van der Waals surface area contributed by atoms with Gasteiger partial charge in [-0.3, -0.25) is 15.1 Å². The fourth-order valence-electron chi connectivity index (χ4n) is 10.3. The minimum Gasteiger partial charge on any atom is -0.387 e. The van der Waals surface area contributed by atoms with Crippen LogP contribution in [-0.4, -0.2) is 41.3 Å². The standard InChI is InChI=1S/C31H52N4O/c32-30(33)23-16-15-22-17-29(31(36)34-27-14-6-10-21-8-2-4-13-26(21)27)35(28(22)18-23)19-24-11-5-9-20-7-1-3-12-25(20)24/h20-29H,1-19H2,(H3,32,33)(H,34,36)/t20?,21?,22?,23?,24?,25?,26?,27-,28?,29?/m0/s1. The Hall–Kier alpha value is -1.10. The molecule has 0 aromatic heterocycles. The predicted octanol–water partition coefficient (Wildman–Crippen LogP) is 5.86. The van der Waals surface area contributed by atoms with Gasteiger partial charge in [0.1, 0.15) is 0 Å². The highest BCUT2D eigenvalue weighted by molar-refractivity contribution is 5.83. The van der Waals surface area contributed by atoms with Crippen LogP contribution in [0.15, 0.2) is 0 Å². The van der Waals surface area contributed by atoms with Crippen LogP contribution < -0.4 is 11.1 Å². The number of hydrogen-bond donors (Lipinski definition) is 3. The van der Waals surface area contributed by atoms with Gasteiger partial charge in [0.25, 0.3) is 0 Å². The number of nitrogens with zero attached hydrogens (tertiary/aromatic N) is 1. The lowest BCUT2D eigenvalue weighted by Gasteiger charge is -2.46. The summed E-state index contributed by atoms with van der Waals surface area (Å²) in [5.41, 5.74) is 6.03. The number of carbonyl (C=O) groups excluding carboxylic acids is 1. The van der Waals surface area contributed by atoms with E-state index in [-0.39, 0.29) is 12.0 Å². The molecule has 9 unspecified atom stereocenters. The van der Waals surface area contributed by atoms with E-state index in [0.29, 0.717) is 29.7 Å². The molecule has 1 heterocycles. The molecule has 4 N–H and O–H groups in total. The number of carbonyl (C=O) groups is 1. The Kier molecular flexibility index (Phi) is 7.66. The first-order valence-electron chi connectivity index (χ1n) is 16.0. The van der Waals surface area contributed by atoms with E-state index < -0.39 is 0 Å². The Balaban J connectivity index is 1.20. The number of amidine groups is 1. The molecule has 5 heteroatoms. The van der Waals surface area contributed by atoms with E-state index in [0.717, 1.165) is 61.8 Å². The third-order valence-electron chi connectivity index (χ3n) is 12.1. The molecule has 36 heavy (non-hydrogen) atoms. The van der Waals surface area contributed by atoms with Crippen molar-refractivity contribution in [2.45, 2.75) is 134 Å². The van der Waals surface area contributed by atoms with Crippen LogP contribution in [0.5, 0.6) is 0 Å². The van der Waals surface area contributed by atoms with Gasteiger partial charge in [-0.2, -0.15) is 0 Å². The third kappa shape index (κ3) is 4.99. The van der Waals surface area contributed by atoms with Crippen molar-refractivity contribution in [2.24, 2.45) is 47.2 Å².